The highest BCUT2D eigenvalue weighted by molar-refractivity contribution is 5.15. The van der Waals surface area contributed by atoms with Crippen LogP contribution in [0.1, 0.15) is 257 Å². The van der Waals surface area contributed by atoms with Crippen LogP contribution in [0.25, 0.3) is 0 Å². The number of aryl methyl sites for hydroxylation is 3. The zero-order valence-corrected chi connectivity index (χ0v) is 33.0. The van der Waals surface area contributed by atoms with Crippen LogP contribution in [0.3, 0.4) is 0 Å². The molecule has 0 aliphatic heterocycles. The zero-order chi connectivity index (χ0) is 33.7. The average molecular weight is 655 g/mol. The lowest BCUT2D eigenvalue weighted by Crippen LogP contribution is -2.34. The quantitative estimate of drug-likeness (QED) is 0.0493. The Balaban J connectivity index is 2.10. The molecule has 1 rings (SSSR count). The average Bonchev–Trinajstić information content (AvgIpc) is 3.08. The van der Waals surface area contributed by atoms with Gasteiger partial charge in [0.15, 0.2) is 12.4 Å². The Morgan fingerprint density at radius 2 is 0.532 bits per heavy atom. The second kappa shape index (κ2) is 36.4. The lowest BCUT2D eigenvalue weighted by Gasteiger charge is -2.07. The number of nitrogens with zero attached hydrogens (tertiary/aromatic N) is 1. The Morgan fingerprint density at radius 1 is 0.298 bits per heavy atom. The van der Waals surface area contributed by atoms with Crippen LogP contribution in [-0.2, 0) is 19.4 Å². The first-order valence-electron chi connectivity index (χ1n) is 22.3. The van der Waals surface area contributed by atoms with Crippen molar-refractivity contribution in [3.63, 3.8) is 0 Å². The Labute approximate surface area is 298 Å². The summed E-state index contributed by atoms with van der Waals surface area (Å²) in [6, 6.07) is 2.56. The summed E-state index contributed by atoms with van der Waals surface area (Å²) in [4.78, 5) is 0. The van der Waals surface area contributed by atoms with Crippen LogP contribution in [0.5, 0.6) is 0 Å². The predicted octanol–water partition coefficient (Wildman–Crippen LogP) is 15.8. The van der Waals surface area contributed by atoms with Gasteiger partial charge in [-0.2, -0.15) is 0 Å². The van der Waals surface area contributed by atoms with E-state index in [4.69, 9.17) is 0 Å². The van der Waals surface area contributed by atoms with Crippen molar-refractivity contribution >= 4 is 0 Å². The minimum Gasteiger partial charge on any atom is -0.205 e. The maximum Gasteiger partial charge on any atom is 0.171 e. The van der Waals surface area contributed by atoms with E-state index in [1.807, 2.05) is 0 Å². The number of pyridine rings is 1. The number of hydrogen-bond acceptors (Lipinski definition) is 0. The zero-order valence-electron chi connectivity index (χ0n) is 33.0. The number of hydrogen-bond donors (Lipinski definition) is 0. The van der Waals surface area contributed by atoms with Crippen LogP contribution in [-0.4, -0.2) is 0 Å². The van der Waals surface area contributed by atoms with Gasteiger partial charge in [0.2, 0.25) is 0 Å². The number of rotatable bonds is 38. The summed E-state index contributed by atoms with van der Waals surface area (Å²) in [5, 5.41) is 0. The third-order valence-electron chi connectivity index (χ3n) is 10.7. The summed E-state index contributed by atoms with van der Waals surface area (Å²) in [6.45, 7) is 8.14. The smallest absolute Gasteiger partial charge is 0.171 e. The predicted molar refractivity (Wildman–Crippen MR) is 213 cm³/mol. The van der Waals surface area contributed by atoms with Crippen LogP contribution < -0.4 is 4.57 Å². The summed E-state index contributed by atoms with van der Waals surface area (Å²) in [5.74, 6) is 0. The Bertz CT molecular complexity index is 684. The minimum absolute atomic E-state index is 1.20. The van der Waals surface area contributed by atoms with Gasteiger partial charge in [-0.15, -0.1) is 0 Å². The van der Waals surface area contributed by atoms with Gasteiger partial charge in [-0.05, 0) is 38.2 Å². The molecule has 0 unspecified atom stereocenters. The molecular weight excluding hydrogens is 567 g/mol. The van der Waals surface area contributed by atoms with E-state index >= 15 is 0 Å². The fraction of sp³-hybridized carbons (Fsp3) is 0.891. The van der Waals surface area contributed by atoms with Crippen molar-refractivity contribution in [3.8, 4) is 0 Å². The fourth-order valence-corrected chi connectivity index (χ4v) is 7.48. The van der Waals surface area contributed by atoms with Crippen LogP contribution in [0.4, 0.5) is 0 Å². The van der Waals surface area contributed by atoms with Gasteiger partial charge in [0.25, 0.3) is 0 Å². The van der Waals surface area contributed by atoms with E-state index in [9.17, 15) is 0 Å². The van der Waals surface area contributed by atoms with Gasteiger partial charge in [-0.3, -0.25) is 0 Å². The molecule has 0 aliphatic rings. The van der Waals surface area contributed by atoms with Crippen molar-refractivity contribution in [1.82, 2.24) is 0 Å². The maximum atomic E-state index is 2.56. The summed E-state index contributed by atoms with van der Waals surface area (Å²) in [7, 11) is 0. The van der Waals surface area contributed by atoms with Gasteiger partial charge >= 0.3 is 0 Å². The van der Waals surface area contributed by atoms with Gasteiger partial charge in [-0.1, -0.05) is 220 Å². The number of aromatic nitrogens is 1. The van der Waals surface area contributed by atoms with Crippen LogP contribution in [0.15, 0.2) is 18.5 Å². The van der Waals surface area contributed by atoms with E-state index in [1.165, 1.54) is 244 Å². The lowest BCUT2D eigenvalue weighted by atomic mass is 10.0. The third kappa shape index (κ3) is 30.9. The van der Waals surface area contributed by atoms with E-state index < -0.39 is 0 Å². The molecule has 0 radical (unpaired) electrons. The van der Waals surface area contributed by atoms with Gasteiger partial charge in [0, 0.05) is 17.5 Å². The Kier molecular flexibility index (Phi) is 34.2. The van der Waals surface area contributed by atoms with Crippen molar-refractivity contribution < 1.29 is 4.57 Å². The molecule has 1 heteroatoms. The van der Waals surface area contributed by atoms with E-state index in [0.717, 1.165) is 0 Å². The molecule has 1 aromatic heterocycles. The molecule has 276 valence electrons. The molecule has 0 spiro atoms. The second-order valence-electron chi connectivity index (χ2n) is 15.6. The van der Waals surface area contributed by atoms with E-state index in [0.29, 0.717) is 0 Å². The van der Waals surface area contributed by atoms with E-state index in [1.54, 1.807) is 11.1 Å². The van der Waals surface area contributed by atoms with Crippen molar-refractivity contribution in [3.05, 3.63) is 29.6 Å². The highest BCUT2D eigenvalue weighted by atomic mass is 14.9. The van der Waals surface area contributed by atoms with Crippen molar-refractivity contribution in [1.29, 1.82) is 0 Å². The molecular formula is C46H88N+. The van der Waals surface area contributed by atoms with E-state index in [2.05, 4.69) is 43.8 Å². The molecule has 47 heavy (non-hydrogen) atoms. The van der Waals surface area contributed by atoms with Crippen molar-refractivity contribution in [2.45, 2.75) is 265 Å². The molecule has 1 aromatic rings. The molecule has 1 nitrogen and oxygen atoms in total. The molecule has 0 saturated heterocycles. The first-order valence-corrected chi connectivity index (χ1v) is 22.3. The molecule has 0 aromatic carbocycles. The van der Waals surface area contributed by atoms with Gasteiger partial charge < -0.3 is 0 Å². The molecule has 0 aliphatic carbocycles. The summed E-state index contributed by atoms with van der Waals surface area (Å²) in [5.41, 5.74) is 3.20. The summed E-state index contributed by atoms with van der Waals surface area (Å²) < 4.78 is 2.54. The fourth-order valence-electron chi connectivity index (χ4n) is 7.48. The van der Waals surface area contributed by atoms with Crippen LogP contribution in [0.2, 0.25) is 0 Å². The third-order valence-corrected chi connectivity index (χ3v) is 10.7. The van der Waals surface area contributed by atoms with Crippen LogP contribution in [0, 0.1) is 0 Å². The standard InChI is InChI=1S/C46H88N/c1-4-7-10-12-14-16-18-20-22-24-26-28-30-32-34-36-39-45-42-46(44-47(43-45)41-38-9-6-3)40-37-35-33-31-29-27-25-23-21-19-17-15-13-11-8-5-2/h42-44H,4-41H2,1-3H3/q+1. The first-order chi connectivity index (χ1) is 23.3. The normalized spacial score (nSPS) is 11.6. The number of unbranched alkanes of at least 4 members (excludes halogenated alkanes) is 32. The molecule has 0 N–H and O–H groups in total. The minimum atomic E-state index is 1.20. The molecule has 1 heterocycles. The second-order valence-corrected chi connectivity index (χ2v) is 15.6. The molecule has 0 amide bonds. The molecule has 0 saturated carbocycles. The van der Waals surface area contributed by atoms with Crippen LogP contribution >= 0.6 is 0 Å². The largest absolute Gasteiger partial charge is 0.205 e. The van der Waals surface area contributed by atoms with Gasteiger partial charge in [0.05, 0.1) is 0 Å². The summed E-state index contributed by atoms with van der Waals surface area (Å²) >= 11 is 0. The molecule has 0 atom stereocenters. The van der Waals surface area contributed by atoms with Gasteiger partial charge in [-0.25, -0.2) is 4.57 Å². The van der Waals surface area contributed by atoms with E-state index in [-0.39, 0.29) is 0 Å². The highest BCUT2D eigenvalue weighted by Gasteiger charge is 2.08. The highest BCUT2D eigenvalue weighted by Crippen LogP contribution is 2.17. The summed E-state index contributed by atoms with van der Waals surface area (Å²) in [6.07, 6.45) is 57.9. The maximum absolute atomic E-state index is 2.56. The lowest BCUT2D eigenvalue weighted by molar-refractivity contribution is -0.698. The Morgan fingerprint density at radius 3 is 0.809 bits per heavy atom. The molecule has 0 fully saturated rings. The Hall–Kier alpha value is -0.850. The monoisotopic (exact) mass is 655 g/mol. The van der Waals surface area contributed by atoms with Gasteiger partial charge in [0.1, 0.15) is 6.54 Å². The van der Waals surface area contributed by atoms with Crippen molar-refractivity contribution in [2.75, 3.05) is 0 Å². The topological polar surface area (TPSA) is 3.88 Å². The first kappa shape index (κ1) is 44.2. The SMILES string of the molecule is CCCCCCCCCCCCCCCCCCc1cc(CCCCCCCCCCCCCCCCCC)c[n+](CCCCC)c1. The van der Waals surface area contributed by atoms with Crippen molar-refractivity contribution in [2.24, 2.45) is 0 Å². The molecule has 0 bridgehead atoms.